The van der Waals surface area contributed by atoms with Crippen molar-refractivity contribution in [2.75, 3.05) is 12.8 Å². The van der Waals surface area contributed by atoms with E-state index in [1.54, 1.807) is 11.8 Å². The van der Waals surface area contributed by atoms with Crippen molar-refractivity contribution in [2.24, 2.45) is 5.73 Å². The maximum atomic E-state index is 10.5. The number of aryl methyl sites for hydroxylation is 1. The highest BCUT2D eigenvalue weighted by Crippen LogP contribution is 2.47. The number of hydrogen-bond acceptors (Lipinski definition) is 3. The first kappa shape index (κ1) is 13.8. The zero-order valence-corrected chi connectivity index (χ0v) is 12.1. The van der Waals surface area contributed by atoms with Crippen LogP contribution in [-0.2, 0) is 5.41 Å². The molecule has 0 radical (unpaired) electrons. The van der Waals surface area contributed by atoms with Gasteiger partial charge in [0.1, 0.15) is 5.75 Å². The van der Waals surface area contributed by atoms with Gasteiger partial charge in [-0.1, -0.05) is 25.3 Å². The number of hydrogen-bond donors (Lipinski definition) is 2. The minimum Gasteiger partial charge on any atom is -0.507 e. The molecule has 1 aliphatic carbocycles. The summed E-state index contributed by atoms with van der Waals surface area (Å²) in [6.45, 7) is 2.60. The van der Waals surface area contributed by atoms with E-state index in [-0.39, 0.29) is 5.41 Å². The summed E-state index contributed by atoms with van der Waals surface area (Å²) < 4.78 is 0. The molecule has 1 aromatic rings. The van der Waals surface area contributed by atoms with E-state index < -0.39 is 0 Å². The van der Waals surface area contributed by atoms with E-state index in [9.17, 15) is 5.11 Å². The predicted molar refractivity (Wildman–Crippen MR) is 78.4 cm³/mol. The van der Waals surface area contributed by atoms with E-state index in [0.29, 0.717) is 12.3 Å². The summed E-state index contributed by atoms with van der Waals surface area (Å²) in [4.78, 5) is 1.19. The van der Waals surface area contributed by atoms with Crippen LogP contribution < -0.4 is 5.73 Å². The van der Waals surface area contributed by atoms with E-state index in [2.05, 4.69) is 12.3 Å². The number of phenols is 1. The fourth-order valence-corrected chi connectivity index (χ4v) is 3.87. The van der Waals surface area contributed by atoms with Gasteiger partial charge in [0, 0.05) is 22.4 Å². The third-order valence-corrected chi connectivity index (χ3v) is 5.07. The van der Waals surface area contributed by atoms with Crippen LogP contribution in [0.2, 0.25) is 0 Å². The minimum atomic E-state index is -0.00725. The Morgan fingerprint density at radius 2 is 1.94 bits per heavy atom. The molecule has 1 aliphatic rings. The fraction of sp³-hybridized carbons (Fsp3) is 0.600. The highest BCUT2D eigenvalue weighted by molar-refractivity contribution is 7.98. The van der Waals surface area contributed by atoms with Gasteiger partial charge in [-0.2, -0.15) is 0 Å². The number of aromatic hydroxyl groups is 1. The van der Waals surface area contributed by atoms with Crippen LogP contribution in [0.3, 0.4) is 0 Å². The Morgan fingerprint density at radius 3 is 2.50 bits per heavy atom. The highest BCUT2D eigenvalue weighted by Gasteiger charge is 2.36. The topological polar surface area (TPSA) is 46.2 Å². The van der Waals surface area contributed by atoms with Crippen molar-refractivity contribution >= 4 is 11.8 Å². The van der Waals surface area contributed by atoms with Crippen molar-refractivity contribution in [1.29, 1.82) is 0 Å². The molecule has 1 saturated carbocycles. The van der Waals surface area contributed by atoms with Gasteiger partial charge < -0.3 is 10.8 Å². The van der Waals surface area contributed by atoms with Gasteiger partial charge in [-0.05, 0) is 37.7 Å². The maximum absolute atomic E-state index is 10.5. The molecule has 3 heteroatoms. The first-order valence-electron chi connectivity index (χ1n) is 6.72. The van der Waals surface area contributed by atoms with Gasteiger partial charge in [0.25, 0.3) is 0 Å². The molecule has 0 aromatic heterocycles. The average Bonchev–Trinajstić information content (AvgIpc) is 2.42. The Bertz CT molecular complexity index is 425. The Labute approximate surface area is 114 Å². The lowest BCUT2D eigenvalue weighted by atomic mass is 9.69. The van der Waals surface area contributed by atoms with Crippen LogP contribution in [0.4, 0.5) is 0 Å². The van der Waals surface area contributed by atoms with Gasteiger partial charge in [-0.25, -0.2) is 0 Å². The SMILES string of the molecule is CSc1ccc(C)c(O)c1C1(CN)CCCCC1. The van der Waals surface area contributed by atoms with Gasteiger partial charge >= 0.3 is 0 Å². The summed E-state index contributed by atoms with van der Waals surface area (Å²) in [5, 5.41) is 10.5. The van der Waals surface area contributed by atoms with Crippen LogP contribution in [-0.4, -0.2) is 17.9 Å². The molecular weight excluding hydrogens is 242 g/mol. The molecule has 2 nitrogen and oxygen atoms in total. The maximum Gasteiger partial charge on any atom is 0.123 e. The smallest absolute Gasteiger partial charge is 0.123 e. The van der Waals surface area contributed by atoms with Crippen LogP contribution >= 0.6 is 11.8 Å². The van der Waals surface area contributed by atoms with Crippen molar-refractivity contribution in [3.8, 4) is 5.75 Å². The van der Waals surface area contributed by atoms with E-state index >= 15 is 0 Å². The molecule has 0 amide bonds. The number of nitrogens with two attached hydrogens (primary N) is 1. The average molecular weight is 265 g/mol. The van der Waals surface area contributed by atoms with Gasteiger partial charge in [-0.15, -0.1) is 11.8 Å². The minimum absolute atomic E-state index is 0.00725. The zero-order valence-electron chi connectivity index (χ0n) is 11.3. The van der Waals surface area contributed by atoms with Crippen molar-refractivity contribution in [3.05, 3.63) is 23.3 Å². The summed E-state index contributed by atoms with van der Waals surface area (Å²) in [5.41, 5.74) is 8.15. The first-order valence-corrected chi connectivity index (χ1v) is 7.94. The molecule has 18 heavy (non-hydrogen) atoms. The molecule has 100 valence electrons. The number of rotatable bonds is 3. The highest BCUT2D eigenvalue weighted by atomic mass is 32.2. The van der Waals surface area contributed by atoms with Gasteiger partial charge in [0.2, 0.25) is 0 Å². The lowest BCUT2D eigenvalue weighted by Gasteiger charge is -2.38. The summed E-state index contributed by atoms with van der Waals surface area (Å²) in [7, 11) is 0. The second kappa shape index (κ2) is 5.54. The predicted octanol–water partition coefficient (Wildman–Crippen LogP) is 3.58. The molecular formula is C15H23NOS. The molecule has 0 heterocycles. The zero-order chi connectivity index (χ0) is 13.2. The van der Waals surface area contributed by atoms with E-state index in [1.807, 2.05) is 13.0 Å². The van der Waals surface area contributed by atoms with Crippen LogP contribution in [0.15, 0.2) is 17.0 Å². The molecule has 1 fully saturated rings. The number of thioether (sulfide) groups is 1. The van der Waals surface area contributed by atoms with Crippen molar-refractivity contribution in [2.45, 2.75) is 49.3 Å². The summed E-state index contributed by atoms with van der Waals surface area (Å²) in [6.07, 6.45) is 8.02. The quantitative estimate of drug-likeness (QED) is 0.821. The molecule has 0 atom stereocenters. The van der Waals surface area contributed by atoms with E-state index in [0.717, 1.165) is 24.0 Å². The summed E-state index contributed by atoms with van der Waals surface area (Å²) in [6, 6.07) is 4.12. The van der Waals surface area contributed by atoms with Crippen molar-refractivity contribution in [3.63, 3.8) is 0 Å². The third-order valence-electron chi connectivity index (χ3n) is 4.29. The third kappa shape index (κ3) is 2.26. The Morgan fingerprint density at radius 1 is 1.28 bits per heavy atom. The monoisotopic (exact) mass is 265 g/mol. The van der Waals surface area contributed by atoms with E-state index in [4.69, 9.17) is 5.73 Å². The Balaban J connectivity index is 2.56. The first-order chi connectivity index (χ1) is 8.64. The van der Waals surface area contributed by atoms with Crippen molar-refractivity contribution < 1.29 is 5.11 Å². The van der Waals surface area contributed by atoms with Crippen LogP contribution in [0, 0.1) is 6.92 Å². The summed E-state index contributed by atoms with van der Waals surface area (Å²) >= 11 is 1.71. The van der Waals surface area contributed by atoms with E-state index in [1.165, 1.54) is 24.2 Å². The largest absolute Gasteiger partial charge is 0.507 e. The van der Waals surface area contributed by atoms with Crippen molar-refractivity contribution in [1.82, 2.24) is 0 Å². The second-order valence-electron chi connectivity index (χ2n) is 5.35. The Kier molecular flexibility index (Phi) is 4.23. The molecule has 0 bridgehead atoms. The van der Waals surface area contributed by atoms with Crippen LogP contribution in [0.1, 0.15) is 43.2 Å². The number of benzene rings is 1. The van der Waals surface area contributed by atoms with Gasteiger partial charge in [-0.3, -0.25) is 0 Å². The second-order valence-corrected chi connectivity index (χ2v) is 6.20. The molecule has 2 rings (SSSR count). The summed E-state index contributed by atoms with van der Waals surface area (Å²) in [5.74, 6) is 0.467. The lowest BCUT2D eigenvalue weighted by molar-refractivity contribution is 0.286. The van der Waals surface area contributed by atoms with Crippen LogP contribution in [0.5, 0.6) is 5.75 Å². The standard InChI is InChI=1S/C15H23NOS/c1-11-6-7-12(18-2)13(14(11)17)15(10-16)8-4-3-5-9-15/h6-7,17H,3-5,8-10,16H2,1-2H3. The normalized spacial score (nSPS) is 18.8. The Hall–Kier alpha value is -0.670. The molecule has 1 aromatic carbocycles. The molecule has 0 unspecified atom stereocenters. The van der Waals surface area contributed by atoms with Gasteiger partial charge in [0.15, 0.2) is 0 Å². The molecule has 0 spiro atoms. The fourth-order valence-electron chi connectivity index (χ4n) is 3.14. The number of phenolic OH excluding ortho intramolecular Hbond substituents is 1. The molecule has 3 N–H and O–H groups in total. The lowest BCUT2D eigenvalue weighted by Crippen LogP contribution is -2.37. The van der Waals surface area contributed by atoms with Gasteiger partial charge in [0.05, 0.1) is 0 Å². The molecule has 0 saturated heterocycles. The molecule has 0 aliphatic heterocycles. The van der Waals surface area contributed by atoms with Crippen LogP contribution in [0.25, 0.3) is 0 Å².